The largest absolute Gasteiger partial charge is 0.369 e. The summed E-state index contributed by atoms with van der Waals surface area (Å²) in [6.45, 7) is 14.7. The van der Waals surface area contributed by atoms with Gasteiger partial charge < -0.3 is 10.2 Å². The molecule has 2 atom stereocenters. The third-order valence-electron chi connectivity index (χ3n) is 4.64. The van der Waals surface area contributed by atoms with Gasteiger partial charge in [-0.3, -0.25) is 0 Å². The van der Waals surface area contributed by atoms with Crippen molar-refractivity contribution in [2.24, 2.45) is 11.8 Å². The molecule has 2 heteroatoms. The molecule has 21 heavy (non-hydrogen) atoms. The monoisotopic (exact) mass is 288 g/mol. The minimum atomic E-state index is 0.672. The van der Waals surface area contributed by atoms with E-state index in [1.807, 2.05) is 0 Å². The van der Waals surface area contributed by atoms with Crippen LogP contribution in [0.15, 0.2) is 18.2 Å². The molecule has 2 rings (SSSR count). The standard InChI is InChI=1S/C19H32N2/c1-14(2)11-20-12-18-8-9-19(10-16(18)4)21-13-15(3)6-7-17(21)5/h8-10,14-15,17,20H,6-7,11-13H2,1-5H3. The number of hydrogen-bond donors (Lipinski definition) is 1. The van der Waals surface area contributed by atoms with Crippen LogP contribution in [0.2, 0.25) is 0 Å². The molecule has 0 spiro atoms. The highest BCUT2D eigenvalue weighted by Crippen LogP contribution is 2.28. The SMILES string of the molecule is Cc1cc(N2CC(C)CCC2C)ccc1CNCC(C)C. The lowest BCUT2D eigenvalue weighted by Crippen LogP contribution is -2.41. The first-order chi connectivity index (χ1) is 9.97. The number of anilines is 1. The Morgan fingerprint density at radius 1 is 1.24 bits per heavy atom. The maximum Gasteiger partial charge on any atom is 0.0371 e. The zero-order chi connectivity index (χ0) is 15.4. The Kier molecular flexibility index (Phi) is 5.69. The van der Waals surface area contributed by atoms with E-state index in [1.54, 1.807) is 0 Å². The van der Waals surface area contributed by atoms with Crippen molar-refractivity contribution >= 4 is 5.69 Å². The average molecular weight is 288 g/mol. The number of nitrogens with zero attached hydrogens (tertiary/aromatic N) is 1. The van der Waals surface area contributed by atoms with Crippen LogP contribution < -0.4 is 10.2 Å². The molecule has 1 fully saturated rings. The zero-order valence-corrected chi connectivity index (χ0v) is 14.4. The summed E-state index contributed by atoms with van der Waals surface area (Å²) in [5.41, 5.74) is 4.24. The predicted octanol–water partition coefficient (Wildman–Crippen LogP) is 4.37. The van der Waals surface area contributed by atoms with Crippen LogP contribution in [0.4, 0.5) is 5.69 Å². The zero-order valence-electron chi connectivity index (χ0n) is 14.4. The quantitative estimate of drug-likeness (QED) is 0.865. The van der Waals surface area contributed by atoms with Gasteiger partial charge in [0.2, 0.25) is 0 Å². The maximum atomic E-state index is 3.54. The molecule has 1 N–H and O–H groups in total. The van der Waals surface area contributed by atoms with Crippen LogP contribution in [0.3, 0.4) is 0 Å². The number of rotatable bonds is 5. The van der Waals surface area contributed by atoms with Gasteiger partial charge in [0, 0.05) is 24.8 Å². The summed E-state index contributed by atoms with van der Waals surface area (Å²) in [5.74, 6) is 1.52. The molecule has 0 saturated carbocycles. The highest BCUT2D eigenvalue weighted by atomic mass is 15.2. The first-order valence-corrected chi connectivity index (χ1v) is 8.54. The summed E-state index contributed by atoms with van der Waals surface area (Å²) in [5, 5.41) is 3.54. The highest BCUT2D eigenvalue weighted by molar-refractivity contribution is 5.52. The van der Waals surface area contributed by atoms with Gasteiger partial charge in [0.05, 0.1) is 0 Å². The van der Waals surface area contributed by atoms with Crippen molar-refractivity contribution in [1.82, 2.24) is 5.32 Å². The van der Waals surface area contributed by atoms with Crippen LogP contribution in [0.1, 0.15) is 51.7 Å². The first kappa shape index (κ1) is 16.4. The molecule has 1 aromatic rings. The number of benzene rings is 1. The second-order valence-corrected chi connectivity index (χ2v) is 7.32. The molecule has 1 saturated heterocycles. The molecule has 0 aromatic heterocycles. The second kappa shape index (κ2) is 7.31. The number of aryl methyl sites for hydroxylation is 1. The van der Waals surface area contributed by atoms with E-state index in [0.29, 0.717) is 12.0 Å². The van der Waals surface area contributed by atoms with E-state index in [4.69, 9.17) is 0 Å². The van der Waals surface area contributed by atoms with Crippen molar-refractivity contribution in [3.8, 4) is 0 Å². The lowest BCUT2D eigenvalue weighted by Gasteiger charge is -2.39. The predicted molar refractivity (Wildman–Crippen MR) is 92.9 cm³/mol. The molecule has 0 aliphatic carbocycles. The van der Waals surface area contributed by atoms with Gasteiger partial charge in [-0.15, -0.1) is 0 Å². The van der Waals surface area contributed by atoms with Gasteiger partial charge in [-0.1, -0.05) is 26.8 Å². The summed E-state index contributed by atoms with van der Waals surface area (Å²) < 4.78 is 0. The Bertz CT molecular complexity index is 453. The highest BCUT2D eigenvalue weighted by Gasteiger charge is 2.23. The summed E-state index contributed by atoms with van der Waals surface area (Å²) in [4.78, 5) is 2.59. The molecule has 1 aliphatic rings. The lowest BCUT2D eigenvalue weighted by atomic mass is 9.94. The molecule has 1 aliphatic heterocycles. The molecule has 118 valence electrons. The molecular formula is C19H32N2. The Labute approximate surface area is 130 Å². The smallest absolute Gasteiger partial charge is 0.0371 e. The van der Waals surface area contributed by atoms with Gasteiger partial charge in [-0.05, 0) is 68.3 Å². The van der Waals surface area contributed by atoms with Crippen LogP contribution in [0, 0.1) is 18.8 Å². The number of nitrogens with one attached hydrogen (secondary N) is 1. The average Bonchev–Trinajstić information content (AvgIpc) is 2.43. The topological polar surface area (TPSA) is 15.3 Å². The summed E-state index contributed by atoms with van der Waals surface area (Å²) >= 11 is 0. The van der Waals surface area contributed by atoms with Crippen LogP contribution in [-0.2, 0) is 6.54 Å². The first-order valence-electron chi connectivity index (χ1n) is 8.54. The van der Waals surface area contributed by atoms with Crippen LogP contribution in [-0.4, -0.2) is 19.1 Å². The van der Waals surface area contributed by atoms with Gasteiger partial charge in [0.25, 0.3) is 0 Å². The van der Waals surface area contributed by atoms with Gasteiger partial charge in [0.15, 0.2) is 0 Å². The Balaban J connectivity index is 2.04. The van der Waals surface area contributed by atoms with Gasteiger partial charge >= 0.3 is 0 Å². The third-order valence-corrected chi connectivity index (χ3v) is 4.64. The van der Waals surface area contributed by atoms with E-state index in [1.165, 1.54) is 36.2 Å². The van der Waals surface area contributed by atoms with Crippen molar-refractivity contribution in [2.45, 2.75) is 60.0 Å². The van der Waals surface area contributed by atoms with E-state index in [9.17, 15) is 0 Å². The van der Waals surface area contributed by atoms with E-state index in [-0.39, 0.29) is 0 Å². The van der Waals surface area contributed by atoms with Gasteiger partial charge in [0.1, 0.15) is 0 Å². The number of piperidine rings is 1. The normalized spacial score (nSPS) is 22.9. The minimum Gasteiger partial charge on any atom is -0.369 e. The fourth-order valence-electron chi connectivity index (χ4n) is 3.20. The van der Waals surface area contributed by atoms with Crippen LogP contribution >= 0.6 is 0 Å². The second-order valence-electron chi connectivity index (χ2n) is 7.32. The maximum absolute atomic E-state index is 3.54. The van der Waals surface area contributed by atoms with Crippen LogP contribution in [0.5, 0.6) is 0 Å². The van der Waals surface area contributed by atoms with E-state index < -0.39 is 0 Å². The molecule has 1 heterocycles. The fraction of sp³-hybridized carbons (Fsp3) is 0.684. The molecular weight excluding hydrogens is 256 g/mol. The van der Waals surface area contributed by atoms with E-state index in [0.717, 1.165) is 19.0 Å². The van der Waals surface area contributed by atoms with Crippen molar-refractivity contribution in [2.75, 3.05) is 18.0 Å². The summed E-state index contributed by atoms with van der Waals surface area (Å²) in [7, 11) is 0. The van der Waals surface area contributed by atoms with Crippen molar-refractivity contribution < 1.29 is 0 Å². The molecule has 0 bridgehead atoms. The van der Waals surface area contributed by atoms with Crippen molar-refractivity contribution in [1.29, 1.82) is 0 Å². The van der Waals surface area contributed by atoms with Crippen molar-refractivity contribution in [3.63, 3.8) is 0 Å². The van der Waals surface area contributed by atoms with Crippen LogP contribution in [0.25, 0.3) is 0 Å². The third kappa shape index (κ3) is 4.47. The van der Waals surface area contributed by atoms with Gasteiger partial charge in [-0.2, -0.15) is 0 Å². The Morgan fingerprint density at radius 3 is 2.67 bits per heavy atom. The molecule has 2 nitrogen and oxygen atoms in total. The molecule has 0 amide bonds. The molecule has 2 unspecified atom stereocenters. The van der Waals surface area contributed by atoms with Gasteiger partial charge in [-0.25, -0.2) is 0 Å². The van der Waals surface area contributed by atoms with Crippen molar-refractivity contribution in [3.05, 3.63) is 29.3 Å². The summed E-state index contributed by atoms with van der Waals surface area (Å²) in [6.07, 6.45) is 2.69. The molecule has 0 radical (unpaired) electrons. The summed E-state index contributed by atoms with van der Waals surface area (Å²) in [6, 6.07) is 7.67. The lowest BCUT2D eigenvalue weighted by molar-refractivity contribution is 0.390. The molecule has 1 aromatic carbocycles. The Morgan fingerprint density at radius 2 is 2.00 bits per heavy atom. The minimum absolute atomic E-state index is 0.672. The number of hydrogen-bond acceptors (Lipinski definition) is 2. The van der Waals surface area contributed by atoms with E-state index >= 15 is 0 Å². The Hall–Kier alpha value is -1.02. The fourth-order valence-corrected chi connectivity index (χ4v) is 3.20. The van der Waals surface area contributed by atoms with E-state index in [2.05, 4.69) is 63.0 Å².